The molecular weight excluding hydrogens is 387 g/mol. The molecule has 2 aromatic heterocycles. The van der Waals surface area contributed by atoms with Crippen molar-refractivity contribution in [3.8, 4) is 5.75 Å². The van der Waals surface area contributed by atoms with Crippen molar-refractivity contribution in [3.05, 3.63) is 76.9 Å². The molecule has 6 nitrogen and oxygen atoms in total. The molecule has 1 atom stereocenters. The van der Waals surface area contributed by atoms with E-state index in [9.17, 15) is 18.0 Å². The van der Waals surface area contributed by atoms with Crippen molar-refractivity contribution < 1.29 is 27.2 Å². The van der Waals surface area contributed by atoms with E-state index < -0.39 is 18.1 Å². The smallest absolute Gasteiger partial charge is 0.412 e. The zero-order chi connectivity index (χ0) is 21.0. The molecule has 29 heavy (non-hydrogen) atoms. The third-order valence-corrected chi connectivity index (χ3v) is 4.18. The number of carbonyl (C=O) groups excluding carboxylic acids is 1. The molecule has 0 aliphatic heterocycles. The van der Waals surface area contributed by atoms with Crippen molar-refractivity contribution >= 4 is 5.91 Å². The number of aryl methyl sites for hydroxylation is 2. The normalized spacial score (nSPS) is 12.4. The molecule has 1 aromatic carbocycles. The van der Waals surface area contributed by atoms with Gasteiger partial charge in [0, 0.05) is 24.0 Å². The summed E-state index contributed by atoms with van der Waals surface area (Å²) < 4.78 is 50.8. The van der Waals surface area contributed by atoms with Crippen LogP contribution in [0.4, 0.5) is 13.2 Å². The van der Waals surface area contributed by atoms with Gasteiger partial charge >= 0.3 is 6.18 Å². The maximum absolute atomic E-state index is 13.4. The Hall–Kier alpha value is -3.36. The predicted octanol–water partition coefficient (Wildman–Crippen LogP) is 4.30. The lowest BCUT2D eigenvalue weighted by molar-refractivity contribution is -0.155. The maximum atomic E-state index is 13.4. The summed E-state index contributed by atoms with van der Waals surface area (Å²) in [5.41, 5.74) is 1.39. The number of nitrogens with zero attached hydrogens (tertiary/aromatic N) is 2. The minimum absolute atomic E-state index is 0.0166. The zero-order valence-corrected chi connectivity index (χ0v) is 15.7. The van der Waals surface area contributed by atoms with Crippen molar-refractivity contribution in [2.45, 2.75) is 32.7 Å². The highest BCUT2D eigenvalue weighted by Crippen LogP contribution is 2.32. The molecule has 3 rings (SSSR count). The Bertz CT molecular complexity index is 967. The van der Waals surface area contributed by atoms with Gasteiger partial charge in [0.25, 0.3) is 5.91 Å². The summed E-state index contributed by atoms with van der Waals surface area (Å²) in [6.07, 6.45) is -2.30. The van der Waals surface area contributed by atoms with Gasteiger partial charge in [-0.2, -0.15) is 13.2 Å². The largest absolute Gasteiger partial charge is 0.485 e. The van der Waals surface area contributed by atoms with Crippen LogP contribution in [0.5, 0.6) is 5.75 Å². The van der Waals surface area contributed by atoms with Crippen molar-refractivity contribution in [1.82, 2.24) is 15.5 Å². The van der Waals surface area contributed by atoms with E-state index in [2.05, 4.69) is 10.1 Å². The van der Waals surface area contributed by atoms with Crippen molar-refractivity contribution in [2.75, 3.05) is 0 Å². The number of halogens is 3. The van der Waals surface area contributed by atoms with Crippen LogP contribution in [0, 0.1) is 13.8 Å². The van der Waals surface area contributed by atoms with Gasteiger partial charge in [0.1, 0.15) is 12.4 Å². The topological polar surface area (TPSA) is 77.2 Å². The van der Waals surface area contributed by atoms with Gasteiger partial charge in [-0.15, -0.1) is 0 Å². The first kappa shape index (κ1) is 20.4. The first-order valence-electron chi connectivity index (χ1n) is 8.68. The van der Waals surface area contributed by atoms with E-state index in [0.29, 0.717) is 5.75 Å². The Morgan fingerprint density at radius 2 is 1.93 bits per heavy atom. The first-order chi connectivity index (χ1) is 13.8. The van der Waals surface area contributed by atoms with Gasteiger partial charge in [-0.3, -0.25) is 9.78 Å². The van der Waals surface area contributed by atoms with E-state index in [1.54, 1.807) is 0 Å². The summed E-state index contributed by atoms with van der Waals surface area (Å²) in [4.78, 5) is 15.9. The molecule has 2 heterocycles. The van der Waals surface area contributed by atoms with Crippen LogP contribution < -0.4 is 10.1 Å². The number of aromatic nitrogens is 2. The lowest BCUT2D eigenvalue weighted by Gasteiger charge is -2.21. The maximum Gasteiger partial charge on any atom is 0.412 e. The Morgan fingerprint density at radius 1 is 1.21 bits per heavy atom. The van der Waals surface area contributed by atoms with E-state index in [1.807, 2.05) is 37.4 Å². The fourth-order valence-corrected chi connectivity index (χ4v) is 2.76. The monoisotopic (exact) mass is 405 g/mol. The summed E-state index contributed by atoms with van der Waals surface area (Å²) in [7, 11) is 0. The summed E-state index contributed by atoms with van der Waals surface area (Å²) in [6, 6.07) is 7.30. The zero-order valence-electron chi connectivity index (χ0n) is 15.7. The Balaban J connectivity index is 1.70. The molecular formula is C20H18F3N3O3. The van der Waals surface area contributed by atoms with E-state index in [4.69, 9.17) is 9.26 Å². The SMILES string of the molecule is Cc1cccc(C)c1OCc1cc(C(=O)N[C@H](c2cccnc2)C(F)(F)F)no1. The minimum Gasteiger partial charge on any atom is -0.485 e. The molecule has 0 fully saturated rings. The Kier molecular flexibility index (Phi) is 5.86. The molecule has 152 valence electrons. The molecule has 3 aromatic rings. The molecule has 9 heteroatoms. The van der Waals surface area contributed by atoms with Crippen LogP contribution in [0.15, 0.2) is 53.3 Å². The van der Waals surface area contributed by atoms with Crippen LogP contribution in [-0.4, -0.2) is 22.2 Å². The molecule has 0 saturated heterocycles. The molecule has 1 amide bonds. The number of para-hydroxylation sites is 1. The Morgan fingerprint density at radius 3 is 2.55 bits per heavy atom. The quantitative estimate of drug-likeness (QED) is 0.662. The van der Waals surface area contributed by atoms with Gasteiger partial charge < -0.3 is 14.6 Å². The van der Waals surface area contributed by atoms with Gasteiger partial charge in [-0.1, -0.05) is 29.4 Å². The molecule has 0 spiro atoms. The first-order valence-corrected chi connectivity index (χ1v) is 8.68. The molecule has 1 N–H and O–H groups in total. The highest BCUT2D eigenvalue weighted by molar-refractivity contribution is 5.92. The fourth-order valence-electron chi connectivity index (χ4n) is 2.76. The number of pyridine rings is 1. The molecule has 0 bridgehead atoms. The summed E-state index contributed by atoms with van der Waals surface area (Å²) in [5.74, 6) is -0.135. The standard InChI is InChI=1S/C20H18F3N3O3/c1-12-5-3-6-13(2)17(12)28-11-15-9-16(26-29-15)19(27)25-18(20(21,22)23)14-7-4-8-24-10-14/h3-10,18H,11H2,1-2H3,(H,25,27)/t18-/m1/s1. The van der Waals surface area contributed by atoms with Gasteiger partial charge in [0.2, 0.25) is 0 Å². The number of amides is 1. The third-order valence-electron chi connectivity index (χ3n) is 4.18. The average molecular weight is 405 g/mol. The highest BCUT2D eigenvalue weighted by atomic mass is 19.4. The molecule has 0 aliphatic rings. The number of nitrogens with one attached hydrogen (secondary N) is 1. The highest BCUT2D eigenvalue weighted by Gasteiger charge is 2.42. The molecule has 0 unspecified atom stereocenters. The second-order valence-corrected chi connectivity index (χ2v) is 6.42. The second kappa shape index (κ2) is 8.34. The average Bonchev–Trinajstić information content (AvgIpc) is 3.14. The van der Waals surface area contributed by atoms with E-state index in [-0.39, 0.29) is 23.6 Å². The summed E-state index contributed by atoms with van der Waals surface area (Å²) in [5, 5.41) is 5.48. The second-order valence-electron chi connectivity index (χ2n) is 6.42. The summed E-state index contributed by atoms with van der Waals surface area (Å²) >= 11 is 0. The van der Waals surface area contributed by atoms with Crippen molar-refractivity contribution in [2.24, 2.45) is 0 Å². The van der Waals surface area contributed by atoms with Gasteiger partial charge in [-0.05, 0) is 31.0 Å². The van der Waals surface area contributed by atoms with Gasteiger partial charge in [0.15, 0.2) is 17.5 Å². The lowest BCUT2D eigenvalue weighted by Crippen LogP contribution is -2.38. The van der Waals surface area contributed by atoms with Crippen LogP contribution in [0.25, 0.3) is 0 Å². The van der Waals surface area contributed by atoms with Crippen molar-refractivity contribution in [3.63, 3.8) is 0 Å². The Labute approximate surface area is 164 Å². The molecule has 0 saturated carbocycles. The number of ether oxygens (including phenoxy) is 1. The van der Waals surface area contributed by atoms with Crippen LogP contribution in [0.3, 0.4) is 0 Å². The lowest BCUT2D eigenvalue weighted by atomic mass is 10.1. The minimum atomic E-state index is -4.70. The van der Waals surface area contributed by atoms with Crippen molar-refractivity contribution in [1.29, 1.82) is 0 Å². The molecule has 0 radical (unpaired) electrons. The number of rotatable bonds is 6. The van der Waals surface area contributed by atoms with Crippen LogP contribution in [0.1, 0.15) is 39.0 Å². The van der Waals surface area contributed by atoms with E-state index in [1.165, 1.54) is 24.4 Å². The predicted molar refractivity (Wildman–Crippen MR) is 97.3 cm³/mol. The molecule has 0 aliphatic carbocycles. The van der Waals surface area contributed by atoms with Crippen LogP contribution >= 0.6 is 0 Å². The third kappa shape index (κ3) is 4.92. The van der Waals surface area contributed by atoms with Crippen LogP contribution in [0.2, 0.25) is 0 Å². The fraction of sp³-hybridized carbons (Fsp3) is 0.250. The number of benzene rings is 1. The van der Waals surface area contributed by atoms with E-state index >= 15 is 0 Å². The van der Waals surface area contributed by atoms with Gasteiger partial charge in [0.05, 0.1) is 0 Å². The van der Waals surface area contributed by atoms with Gasteiger partial charge in [-0.25, -0.2) is 0 Å². The number of hydrogen-bond acceptors (Lipinski definition) is 5. The number of hydrogen-bond donors (Lipinski definition) is 1. The van der Waals surface area contributed by atoms with Crippen LogP contribution in [-0.2, 0) is 6.61 Å². The van der Waals surface area contributed by atoms with E-state index in [0.717, 1.165) is 17.3 Å². The number of carbonyl (C=O) groups is 1. The summed E-state index contributed by atoms with van der Waals surface area (Å²) in [6.45, 7) is 3.76. The number of alkyl halides is 3.